The minimum absolute atomic E-state index is 0.313. The zero-order valence-electron chi connectivity index (χ0n) is 8.27. The van der Waals surface area contributed by atoms with Crippen molar-refractivity contribution in [2.45, 2.75) is 18.6 Å². The van der Waals surface area contributed by atoms with Gasteiger partial charge in [0.25, 0.3) is 0 Å². The van der Waals surface area contributed by atoms with Gasteiger partial charge in [0.15, 0.2) is 0 Å². The van der Waals surface area contributed by atoms with Crippen molar-refractivity contribution < 1.29 is 4.74 Å². The quantitative estimate of drug-likeness (QED) is 0.776. The summed E-state index contributed by atoms with van der Waals surface area (Å²) in [6.45, 7) is 3.92. The van der Waals surface area contributed by atoms with Crippen molar-refractivity contribution >= 4 is 35.8 Å². The van der Waals surface area contributed by atoms with E-state index in [2.05, 4.69) is 12.6 Å². The molecule has 1 aromatic rings. The topological polar surface area (TPSA) is 9.23 Å². The van der Waals surface area contributed by atoms with E-state index >= 15 is 0 Å². The Balaban J connectivity index is 3.31. The van der Waals surface area contributed by atoms with Gasteiger partial charge in [0.2, 0.25) is 0 Å². The van der Waals surface area contributed by atoms with Gasteiger partial charge in [-0.2, -0.15) is 12.6 Å². The SMILES string of the molecule is COc1ccc(C(C)(C)S)c(Cl)c1Cl. The fourth-order valence-corrected chi connectivity index (χ4v) is 2.05. The van der Waals surface area contributed by atoms with Gasteiger partial charge in [-0.1, -0.05) is 29.3 Å². The fraction of sp³-hybridized carbons (Fsp3) is 0.400. The van der Waals surface area contributed by atoms with Crippen LogP contribution in [0.3, 0.4) is 0 Å². The smallest absolute Gasteiger partial charge is 0.138 e. The standard InChI is InChI=1S/C10H12Cl2OS/c1-10(2,14)6-4-5-7(13-3)9(12)8(6)11/h4-5,14H,1-3H3. The van der Waals surface area contributed by atoms with Gasteiger partial charge in [0, 0.05) is 4.75 Å². The number of hydrogen-bond acceptors (Lipinski definition) is 2. The van der Waals surface area contributed by atoms with Gasteiger partial charge in [0.1, 0.15) is 10.8 Å². The molecule has 4 heteroatoms. The largest absolute Gasteiger partial charge is 0.495 e. The van der Waals surface area contributed by atoms with Gasteiger partial charge < -0.3 is 4.74 Å². The summed E-state index contributed by atoms with van der Waals surface area (Å²) in [6, 6.07) is 3.67. The highest BCUT2D eigenvalue weighted by atomic mass is 35.5. The van der Waals surface area contributed by atoms with Crippen molar-refractivity contribution in [3.05, 3.63) is 27.7 Å². The molecule has 0 aliphatic heterocycles. The van der Waals surface area contributed by atoms with Crippen molar-refractivity contribution in [3.8, 4) is 5.75 Å². The van der Waals surface area contributed by atoms with Gasteiger partial charge in [-0.3, -0.25) is 0 Å². The van der Waals surface area contributed by atoms with Crippen LogP contribution in [-0.4, -0.2) is 7.11 Å². The highest BCUT2D eigenvalue weighted by Crippen LogP contribution is 2.40. The summed E-state index contributed by atoms with van der Waals surface area (Å²) in [5.74, 6) is 0.581. The Morgan fingerprint density at radius 3 is 2.21 bits per heavy atom. The minimum Gasteiger partial charge on any atom is -0.495 e. The number of methoxy groups -OCH3 is 1. The summed E-state index contributed by atoms with van der Waals surface area (Å²) in [4.78, 5) is 0. The first-order valence-electron chi connectivity index (χ1n) is 4.12. The molecule has 0 aliphatic carbocycles. The number of rotatable bonds is 2. The van der Waals surface area contributed by atoms with Crippen molar-refractivity contribution in [2.75, 3.05) is 7.11 Å². The lowest BCUT2D eigenvalue weighted by Crippen LogP contribution is -2.08. The molecule has 0 saturated carbocycles. The van der Waals surface area contributed by atoms with Gasteiger partial charge in [-0.25, -0.2) is 0 Å². The van der Waals surface area contributed by atoms with Crippen molar-refractivity contribution in [1.82, 2.24) is 0 Å². The van der Waals surface area contributed by atoms with Crippen molar-refractivity contribution in [3.63, 3.8) is 0 Å². The zero-order valence-corrected chi connectivity index (χ0v) is 10.7. The second-order valence-corrected chi connectivity index (χ2v) is 5.38. The van der Waals surface area contributed by atoms with E-state index in [0.29, 0.717) is 15.8 Å². The average Bonchev–Trinajstić information content (AvgIpc) is 2.07. The molecule has 0 fully saturated rings. The molecular weight excluding hydrogens is 239 g/mol. The monoisotopic (exact) mass is 250 g/mol. The molecule has 14 heavy (non-hydrogen) atoms. The molecule has 78 valence electrons. The maximum atomic E-state index is 6.10. The second kappa shape index (κ2) is 4.21. The Morgan fingerprint density at radius 1 is 1.21 bits per heavy atom. The predicted molar refractivity (Wildman–Crippen MR) is 65.0 cm³/mol. The zero-order chi connectivity index (χ0) is 10.9. The second-order valence-electron chi connectivity index (χ2n) is 3.50. The first-order chi connectivity index (χ1) is 6.38. The molecule has 0 aromatic heterocycles. The maximum Gasteiger partial charge on any atom is 0.138 e. The van der Waals surface area contributed by atoms with Crippen LogP contribution in [0.4, 0.5) is 0 Å². The van der Waals surface area contributed by atoms with Crippen LogP contribution >= 0.6 is 35.8 Å². The lowest BCUT2D eigenvalue weighted by atomic mass is 10.0. The van der Waals surface area contributed by atoms with E-state index in [1.165, 1.54) is 0 Å². The molecule has 0 unspecified atom stereocenters. The van der Waals surface area contributed by atoms with Crippen LogP contribution in [0.2, 0.25) is 10.0 Å². The van der Waals surface area contributed by atoms with Crippen LogP contribution < -0.4 is 4.74 Å². The molecule has 0 heterocycles. The van der Waals surface area contributed by atoms with Gasteiger partial charge in [-0.15, -0.1) is 0 Å². The Bertz CT molecular complexity index is 345. The summed E-state index contributed by atoms with van der Waals surface area (Å²) in [6.07, 6.45) is 0. The highest BCUT2D eigenvalue weighted by molar-refractivity contribution is 7.81. The van der Waals surface area contributed by atoms with E-state index < -0.39 is 0 Å². The van der Waals surface area contributed by atoms with Crippen LogP contribution in [0.5, 0.6) is 5.75 Å². The Hall–Kier alpha value is -0.0500. The summed E-state index contributed by atoms with van der Waals surface area (Å²) in [7, 11) is 1.56. The average molecular weight is 251 g/mol. The van der Waals surface area contributed by atoms with E-state index in [1.54, 1.807) is 13.2 Å². The van der Waals surface area contributed by atoms with Crippen LogP contribution in [0.1, 0.15) is 19.4 Å². The maximum absolute atomic E-state index is 6.10. The molecule has 0 aliphatic rings. The van der Waals surface area contributed by atoms with Crippen LogP contribution in [0, 0.1) is 0 Å². The molecule has 1 nitrogen and oxygen atoms in total. The summed E-state index contributed by atoms with van der Waals surface area (Å²) in [5, 5.41) is 0.944. The van der Waals surface area contributed by atoms with Gasteiger partial charge >= 0.3 is 0 Å². The lowest BCUT2D eigenvalue weighted by molar-refractivity contribution is 0.415. The molecule has 1 aromatic carbocycles. The number of thiol groups is 1. The van der Waals surface area contributed by atoms with Crippen LogP contribution in [-0.2, 0) is 4.75 Å². The number of halogens is 2. The first kappa shape index (κ1) is 12.0. The minimum atomic E-state index is -0.313. The summed E-state index contributed by atoms with van der Waals surface area (Å²) < 4.78 is 4.74. The summed E-state index contributed by atoms with van der Waals surface area (Å²) in [5.41, 5.74) is 0.897. The molecule has 0 radical (unpaired) electrons. The normalized spacial score (nSPS) is 11.6. The van der Waals surface area contributed by atoms with Crippen LogP contribution in [0.25, 0.3) is 0 Å². The number of ether oxygens (including phenoxy) is 1. The highest BCUT2D eigenvalue weighted by Gasteiger charge is 2.21. The molecule has 0 N–H and O–H groups in total. The van der Waals surface area contributed by atoms with E-state index in [-0.39, 0.29) is 4.75 Å². The lowest BCUT2D eigenvalue weighted by Gasteiger charge is -2.20. The van der Waals surface area contributed by atoms with E-state index in [9.17, 15) is 0 Å². The first-order valence-corrected chi connectivity index (χ1v) is 5.33. The third kappa shape index (κ3) is 2.30. The molecule has 0 saturated heterocycles. The summed E-state index contributed by atoms with van der Waals surface area (Å²) >= 11 is 16.6. The van der Waals surface area contributed by atoms with Crippen LogP contribution in [0.15, 0.2) is 12.1 Å². The van der Waals surface area contributed by atoms with Gasteiger partial charge in [-0.05, 0) is 25.5 Å². The van der Waals surface area contributed by atoms with Crippen molar-refractivity contribution in [2.24, 2.45) is 0 Å². The molecule has 0 bridgehead atoms. The number of hydrogen-bond donors (Lipinski definition) is 1. The molecule has 1 rings (SSSR count). The van der Waals surface area contributed by atoms with Crippen molar-refractivity contribution in [1.29, 1.82) is 0 Å². The Kier molecular flexibility index (Phi) is 3.62. The third-order valence-corrected chi connectivity index (χ3v) is 3.03. The molecular formula is C10H12Cl2OS. The predicted octanol–water partition coefficient (Wildman–Crippen LogP) is 4.17. The third-order valence-electron chi connectivity index (χ3n) is 1.93. The molecule has 0 spiro atoms. The molecule has 0 atom stereocenters. The number of benzene rings is 1. The Labute approximate surface area is 99.8 Å². The van der Waals surface area contributed by atoms with E-state index in [0.717, 1.165) is 5.56 Å². The van der Waals surface area contributed by atoms with Gasteiger partial charge in [0.05, 0.1) is 12.1 Å². The molecule has 0 amide bonds. The fourth-order valence-electron chi connectivity index (χ4n) is 1.16. The van der Waals surface area contributed by atoms with E-state index in [1.807, 2.05) is 19.9 Å². The Morgan fingerprint density at radius 2 is 1.79 bits per heavy atom. The van der Waals surface area contributed by atoms with E-state index in [4.69, 9.17) is 27.9 Å².